The van der Waals surface area contributed by atoms with E-state index in [-0.39, 0.29) is 19.0 Å². The molecule has 0 aromatic heterocycles. The number of urea groups is 1. The summed E-state index contributed by atoms with van der Waals surface area (Å²) in [5.74, 6) is -0.928. The minimum atomic E-state index is -0.928. The van der Waals surface area contributed by atoms with Crippen molar-refractivity contribution >= 4 is 23.6 Å². The molecule has 0 saturated carbocycles. The topological polar surface area (TPSA) is 69.6 Å². The number of hydrogen-bond acceptors (Lipinski definition) is 2. The van der Waals surface area contributed by atoms with E-state index in [1.54, 1.807) is 6.07 Å². The van der Waals surface area contributed by atoms with Gasteiger partial charge in [-0.05, 0) is 32.4 Å². The predicted molar refractivity (Wildman–Crippen MR) is 82.4 cm³/mol. The highest BCUT2D eigenvalue weighted by atomic mass is 35.5. The van der Waals surface area contributed by atoms with Gasteiger partial charge in [0.2, 0.25) is 0 Å². The maximum Gasteiger partial charge on any atom is 0.318 e. The van der Waals surface area contributed by atoms with Crippen LogP contribution in [0.5, 0.6) is 0 Å². The lowest BCUT2D eigenvalue weighted by molar-refractivity contribution is -0.137. The van der Waals surface area contributed by atoms with Crippen LogP contribution in [0.2, 0.25) is 5.02 Å². The summed E-state index contributed by atoms with van der Waals surface area (Å²) in [4.78, 5) is 24.5. The van der Waals surface area contributed by atoms with E-state index in [0.717, 1.165) is 5.56 Å². The van der Waals surface area contributed by atoms with Crippen LogP contribution in [-0.2, 0) is 11.3 Å². The molecule has 0 aliphatic carbocycles. The lowest BCUT2D eigenvalue weighted by atomic mass is 10.1. The average molecular weight is 313 g/mol. The van der Waals surface area contributed by atoms with E-state index in [1.165, 1.54) is 4.90 Å². The Morgan fingerprint density at radius 2 is 1.90 bits per heavy atom. The Balaban J connectivity index is 2.69. The molecule has 0 bridgehead atoms. The van der Waals surface area contributed by atoms with Crippen molar-refractivity contribution in [2.45, 2.75) is 39.3 Å². The van der Waals surface area contributed by atoms with E-state index in [4.69, 9.17) is 16.7 Å². The third kappa shape index (κ3) is 5.63. The maximum absolute atomic E-state index is 12.3. The number of halogens is 1. The van der Waals surface area contributed by atoms with Gasteiger partial charge in [0.05, 0.1) is 6.42 Å². The standard InChI is InChI=1S/C15H21ClN2O3/c1-15(2,3)18(9-8-13(19)20)14(21)17-10-11-6-4-5-7-12(11)16/h4-7H,8-10H2,1-3H3,(H,17,21)(H,19,20). The van der Waals surface area contributed by atoms with E-state index in [1.807, 2.05) is 39.0 Å². The van der Waals surface area contributed by atoms with Crippen molar-refractivity contribution in [1.29, 1.82) is 0 Å². The van der Waals surface area contributed by atoms with Gasteiger partial charge in [0.25, 0.3) is 0 Å². The number of hydrogen-bond donors (Lipinski definition) is 2. The second-order valence-electron chi connectivity index (χ2n) is 5.72. The van der Waals surface area contributed by atoms with Gasteiger partial charge < -0.3 is 15.3 Å². The highest BCUT2D eigenvalue weighted by Crippen LogP contribution is 2.16. The number of aliphatic carboxylic acids is 1. The van der Waals surface area contributed by atoms with Gasteiger partial charge >= 0.3 is 12.0 Å². The zero-order chi connectivity index (χ0) is 16.0. The summed E-state index contributed by atoms with van der Waals surface area (Å²) >= 11 is 6.04. The van der Waals surface area contributed by atoms with Gasteiger partial charge in [-0.15, -0.1) is 0 Å². The molecule has 1 aromatic carbocycles. The minimum absolute atomic E-state index is 0.0865. The van der Waals surface area contributed by atoms with Crippen molar-refractivity contribution in [2.75, 3.05) is 6.54 Å². The fourth-order valence-corrected chi connectivity index (χ4v) is 2.06. The van der Waals surface area contributed by atoms with Gasteiger partial charge in [0.1, 0.15) is 0 Å². The Bertz CT molecular complexity index is 512. The third-order valence-electron chi connectivity index (χ3n) is 2.99. The molecule has 0 spiro atoms. The van der Waals surface area contributed by atoms with Gasteiger partial charge in [-0.2, -0.15) is 0 Å². The molecule has 0 radical (unpaired) electrons. The van der Waals surface area contributed by atoms with Crippen LogP contribution < -0.4 is 5.32 Å². The molecule has 0 fully saturated rings. The Hall–Kier alpha value is -1.75. The average Bonchev–Trinajstić information content (AvgIpc) is 2.36. The minimum Gasteiger partial charge on any atom is -0.481 e. The second-order valence-corrected chi connectivity index (χ2v) is 6.12. The normalized spacial score (nSPS) is 11.0. The molecule has 21 heavy (non-hydrogen) atoms. The summed E-state index contributed by atoms with van der Waals surface area (Å²) in [7, 11) is 0. The Labute approximate surface area is 129 Å². The monoisotopic (exact) mass is 312 g/mol. The van der Waals surface area contributed by atoms with E-state index in [2.05, 4.69) is 5.32 Å². The Morgan fingerprint density at radius 3 is 2.43 bits per heavy atom. The molecule has 116 valence electrons. The largest absolute Gasteiger partial charge is 0.481 e. The fraction of sp³-hybridized carbons (Fsp3) is 0.467. The lowest BCUT2D eigenvalue weighted by Crippen LogP contribution is -2.50. The molecular weight excluding hydrogens is 292 g/mol. The third-order valence-corrected chi connectivity index (χ3v) is 3.36. The van der Waals surface area contributed by atoms with Crippen LogP contribution in [-0.4, -0.2) is 34.1 Å². The van der Waals surface area contributed by atoms with Gasteiger partial charge in [-0.3, -0.25) is 4.79 Å². The van der Waals surface area contributed by atoms with E-state index < -0.39 is 11.5 Å². The first kappa shape index (κ1) is 17.3. The number of carboxylic acid groups (broad SMARTS) is 1. The molecule has 0 aliphatic rings. The van der Waals surface area contributed by atoms with Gasteiger partial charge in [0, 0.05) is 23.7 Å². The van der Waals surface area contributed by atoms with Crippen LogP contribution in [0.1, 0.15) is 32.8 Å². The zero-order valence-electron chi connectivity index (χ0n) is 12.5. The Kier molecular flexibility index (Phi) is 6.03. The molecule has 1 aromatic rings. The first-order valence-electron chi connectivity index (χ1n) is 6.72. The van der Waals surface area contributed by atoms with Gasteiger partial charge in [0.15, 0.2) is 0 Å². The highest BCUT2D eigenvalue weighted by molar-refractivity contribution is 6.31. The van der Waals surface area contributed by atoms with E-state index in [0.29, 0.717) is 11.6 Å². The highest BCUT2D eigenvalue weighted by Gasteiger charge is 2.26. The van der Waals surface area contributed by atoms with Gasteiger partial charge in [-0.25, -0.2) is 4.79 Å². The number of nitrogens with one attached hydrogen (secondary N) is 1. The molecule has 0 aliphatic heterocycles. The first-order valence-corrected chi connectivity index (χ1v) is 7.10. The summed E-state index contributed by atoms with van der Waals surface area (Å²) in [5.41, 5.74) is 0.361. The van der Waals surface area contributed by atoms with Crippen molar-refractivity contribution in [3.63, 3.8) is 0 Å². The van der Waals surface area contributed by atoms with Crippen LogP contribution in [0.4, 0.5) is 4.79 Å². The van der Waals surface area contributed by atoms with E-state index in [9.17, 15) is 9.59 Å². The summed E-state index contributed by atoms with van der Waals surface area (Å²) in [5, 5.41) is 12.1. The van der Waals surface area contributed by atoms with Gasteiger partial charge in [-0.1, -0.05) is 29.8 Å². The van der Waals surface area contributed by atoms with Crippen molar-refractivity contribution in [3.8, 4) is 0 Å². The fourth-order valence-electron chi connectivity index (χ4n) is 1.86. The molecule has 0 saturated heterocycles. The number of nitrogens with zero attached hydrogens (tertiary/aromatic N) is 1. The zero-order valence-corrected chi connectivity index (χ0v) is 13.3. The first-order chi connectivity index (χ1) is 9.71. The number of rotatable bonds is 5. The molecule has 5 nitrogen and oxygen atoms in total. The van der Waals surface area contributed by atoms with Crippen molar-refractivity contribution < 1.29 is 14.7 Å². The van der Waals surface area contributed by atoms with Crippen molar-refractivity contribution in [3.05, 3.63) is 34.9 Å². The summed E-state index contributed by atoms with van der Waals surface area (Å²) in [6.45, 7) is 6.06. The SMILES string of the molecule is CC(C)(C)N(CCC(=O)O)C(=O)NCc1ccccc1Cl. The summed E-state index contributed by atoms with van der Waals surface area (Å²) in [6, 6.07) is 6.96. The van der Waals surface area contributed by atoms with Crippen molar-refractivity contribution in [1.82, 2.24) is 10.2 Å². The van der Waals surface area contributed by atoms with E-state index >= 15 is 0 Å². The molecule has 0 heterocycles. The number of carbonyl (C=O) groups excluding carboxylic acids is 1. The molecule has 0 atom stereocenters. The Morgan fingerprint density at radius 1 is 1.29 bits per heavy atom. The summed E-state index contributed by atoms with van der Waals surface area (Å²) < 4.78 is 0. The predicted octanol–water partition coefficient (Wildman–Crippen LogP) is 3.12. The smallest absolute Gasteiger partial charge is 0.318 e. The van der Waals surface area contributed by atoms with Crippen LogP contribution in [0.3, 0.4) is 0 Å². The van der Waals surface area contributed by atoms with Crippen LogP contribution in [0, 0.1) is 0 Å². The van der Waals surface area contributed by atoms with Crippen LogP contribution >= 0.6 is 11.6 Å². The van der Waals surface area contributed by atoms with Crippen LogP contribution in [0.15, 0.2) is 24.3 Å². The molecule has 1 rings (SSSR count). The second kappa shape index (κ2) is 7.31. The molecular formula is C15H21ClN2O3. The lowest BCUT2D eigenvalue weighted by Gasteiger charge is -2.35. The number of benzene rings is 1. The number of carbonyl (C=O) groups is 2. The molecule has 6 heteroatoms. The molecule has 2 amide bonds. The summed E-state index contributed by atoms with van der Waals surface area (Å²) in [6.07, 6.45) is -0.0865. The maximum atomic E-state index is 12.3. The quantitative estimate of drug-likeness (QED) is 0.877. The molecule has 0 unspecified atom stereocenters. The number of amides is 2. The van der Waals surface area contributed by atoms with Crippen LogP contribution in [0.25, 0.3) is 0 Å². The molecule has 2 N–H and O–H groups in total. The number of carboxylic acids is 1. The van der Waals surface area contributed by atoms with Crippen molar-refractivity contribution in [2.24, 2.45) is 0 Å².